The van der Waals surface area contributed by atoms with E-state index in [2.05, 4.69) is 5.32 Å². The number of amides is 1. The van der Waals surface area contributed by atoms with Crippen molar-refractivity contribution in [2.45, 2.75) is 18.7 Å². The molecule has 1 N–H and O–H groups in total. The standard InChI is InChI=1S/C18H19Cl3N2O4S/c1-4-23(28(25,26)12-5-6-17(27-3)11(2)7-12)10-18(24)22-16-9-14(20)13(19)8-15(16)21/h5-9H,4,10H2,1-3H3,(H,22,24). The lowest BCUT2D eigenvalue weighted by Crippen LogP contribution is -2.37. The molecule has 28 heavy (non-hydrogen) atoms. The highest BCUT2D eigenvalue weighted by atomic mass is 35.5. The first-order valence-electron chi connectivity index (χ1n) is 8.19. The summed E-state index contributed by atoms with van der Waals surface area (Å²) in [6, 6.07) is 7.32. The zero-order chi connectivity index (χ0) is 21.1. The number of carbonyl (C=O) groups excluding carboxylic acids is 1. The summed E-state index contributed by atoms with van der Waals surface area (Å²) >= 11 is 17.8. The van der Waals surface area contributed by atoms with Crippen LogP contribution in [0.15, 0.2) is 35.2 Å². The molecule has 0 aliphatic heterocycles. The van der Waals surface area contributed by atoms with Crippen LogP contribution in [0, 0.1) is 6.92 Å². The smallest absolute Gasteiger partial charge is 0.243 e. The SMILES string of the molecule is CCN(CC(=O)Nc1cc(Cl)c(Cl)cc1Cl)S(=O)(=O)c1ccc(OC)c(C)c1. The van der Waals surface area contributed by atoms with Crippen LogP contribution in [-0.4, -0.2) is 38.8 Å². The van der Waals surface area contributed by atoms with Gasteiger partial charge in [0.15, 0.2) is 0 Å². The van der Waals surface area contributed by atoms with Crippen LogP contribution in [0.5, 0.6) is 5.75 Å². The topological polar surface area (TPSA) is 75.7 Å². The molecule has 6 nitrogen and oxygen atoms in total. The first-order chi connectivity index (χ1) is 13.1. The minimum absolute atomic E-state index is 0.0769. The van der Waals surface area contributed by atoms with E-state index in [0.717, 1.165) is 4.31 Å². The van der Waals surface area contributed by atoms with Gasteiger partial charge in [-0.2, -0.15) is 4.31 Å². The van der Waals surface area contributed by atoms with Gasteiger partial charge in [0, 0.05) is 6.54 Å². The van der Waals surface area contributed by atoms with Crippen molar-refractivity contribution >= 4 is 56.4 Å². The third-order valence-electron chi connectivity index (χ3n) is 3.96. The number of methoxy groups -OCH3 is 1. The van der Waals surface area contributed by atoms with Gasteiger partial charge >= 0.3 is 0 Å². The van der Waals surface area contributed by atoms with E-state index in [1.165, 1.54) is 31.4 Å². The number of halogens is 3. The van der Waals surface area contributed by atoms with Crippen molar-refractivity contribution < 1.29 is 17.9 Å². The molecule has 0 aliphatic carbocycles. The van der Waals surface area contributed by atoms with E-state index in [-0.39, 0.29) is 38.7 Å². The number of likely N-dealkylation sites (N-methyl/N-ethyl adjacent to an activating group) is 1. The zero-order valence-corrected chi connectivity index (χ0v) is 18.5. The van der Waals surface area contributed by atoms with E-state index in [0.29, 0.717) is 11.3 Å². The predicted octanol–water partition coefficient (Wildman–Crippen LogP) is 4.61. The molecule has 0 atom stereocenters. The minimum Gasteiger partial charge on any atom is -0.496 e. The first-order valence-corrected chi connectivity index (χ1v) is 10.8. The van der Waals surface area contributed by atoms with E-state index < -0.39 is 15.9 Å². The maximum atomic E-state index is 12.9. The van der Waals surface area contributed by atoms with Gasteiger partial charge in [-0.05, 0) is 42.8 Å². The molecule has 0 spiro atoms. The molecule has 0 aromatic heterocycles. The molecule has 0 saturated carbocycles. The lowest BCUT2D eigenvalue weighted by Gasteiger charge is -2.21. The molecule has 152 valence electrons. The van der Waals surface area contributed by atoms with Gasteiger partial charge in [-0.1, -0.05) is 41.7 Å². The summed E-state index contributed by atoms with van der Waals surface area (Å²) in [6.07, 6.45) is 0. The highest BCUT2D eigenvalue weighted by Gasteiger charge is 2.26. The van der Waals surface area contributed by atoms with Gasteiger partial charge in [0.2, 0.25) is 15.9 Å². The van der Waals surface area contributed by atoms with Crippen molar-refractivity contribution in [2.75, 3.05) is 25.5 Å². The summed E-state index contributed by atoms with van der Waals surface area (Å²) in [5.41, 5.74) is 0.918. The summed E-state index contributed by atoms with van der Waals surface area (Å²) in [7, 11) is -2.37. The number of aryl methyl sites for hydroxylation is 1. The number of anilines is 1. The maximum absolute atomic E-state index is 12.9. The van der Waals surface area contributed by atoms with Crippen LogP contribution in [0.4, 0.5) is 5.69 Å². The van der Waals surface area contributed by atoms with Gasteiger partial charge in [0.1, 0.15) is 5.75 Å². The minimum atomic E-state index is -3.87. The summed E-state index contributed by atoms with van der Waals surface area (Å²) in [4.78, 5) is 12.5. The molecule has 2 rings (SSSR count). The largest absolute Gasteiger partial charge is 0.496 e. The Bertz CT molecular complexity index is 997. The molecule has 0 radical (unpaired) electrons. The lowest BCUT2D eigenvalue weighted by atomic mass is 10.2. The number of benzene rings is 2. The Morgan fingerprint density at radius 2 is 1.75 bits per heavy atom. The molecule has 10 heteroatoms. The van der Waals surface area contributed by atoms with Crippen LogP contribution in [0.3, 0.4) is 0 Å². The Hall–Kier alpha value is -1.51. The summed E-state index contributed by atoms with van der Waals surface area (Å²) < 4.78 is 32.0. The molecule has 2 aromatic carbocycles. The Kier molecular flexibility index (Phi) is 7.59. The van der Waals surface area contributed by atoms with Crippen molar-refractivity contribution in [3.63, 3.8) is 0 Å². The third-order valence-corrected chi connectivity index (χ3v) is 6.91. The fraction of sp³-hybridized carbons (Fsp3) is 0.278. The van der Waals surface area contributed by atoms with Crippen LogP contribution in [0.1, 0.15) is 12.5 Å². The number of sulfonamides is 1. The molecule has 0 bridgehead atoms. The highest BCUT2D eigenvalue weighted by molar-refractivity contribution is 7.89. The average molecular weight is 466 g/mol. The monoisotopic (exact) mass is 464 g/mol. The molecular formula is C18H19Cl3N2O4S. The molecule has 0 saturated heterocycles. The van der Waals surface area contributed by atoms with E-state index in [1.54, 1.807) is 19.9 Å². The van der Waals surface area contributed by atoms with Gasteiger partial charge in [-0.15, -0.1) is 0 Å². The van der Waals surface area contributed by atoms with Gasteiger partial charge in [-0.3, -0.25) is 4.79 Å². The van der Waals surface area contributed by atoms with Crippen molar-refractivity contribution in [3.8, 4) is 5.75 Å². The van der Waals surface area contributed by atoms with Gasteiger partial charge in [-0.25, -0.2) is 8.42 Å². The third kappa shape index (κ3) is 5.10. The number of carbonyl (C=O) groups is 1. The zero-order valence-electron chi connectivity index (χ0n) is 15.4. The van der Waals surface area contributed by atoms with Crippen LogP contribution in [-0.2, 0) is 14.8 Å². The maximum Gasteiger partial charge on any atom is 0.243 e. The number of hydrogen-bond donors (Lipinski definition) is 1. The number of ether oxygens (including phenoxy) is 1. The molecular weight excluding hydrogens is 447 g/mol. The van der Waals surface area contributed by atoms with E-state index in [4.69, 9.17) is 39.5 Å². The summed E-state index contributed by atoms with van der Waals surface area (Å²) in [5.74, 6) is 0.0185. The predicted molar refractivity (Wildman–Crippen MR) is 112 cm³/mol. The molecule has 1 amide bonds. The second-order valence-corrected chi connectivity index (χ2v) is 9.02. The van der Waals surface area contributed by atoms with E-state index >= 15 is 0 Å². The van der Waals surface area contributed by atoms with Crippen molar-refractivity contribution in [3.05, 3.63) is 51.0 Å². The number of nitrogens with one attached hydrogen (secondary N) is 1. The molecule has 2 aromatic rings. The number of hydrogen-bond acceptors (Lipinski definition) is 4. The number of rotatable bonds is 7. The normalized spacial score (nSPS) is 11.5. The second-order valence-electron chi connectivity index (χ2n) is 5.86. The van der Waals surface area contributed by atoms with Crippen molar-refractivity contribution in [1.82, 2.24) is 4.31 Å². The Morgan fingerprint density at radius 1 is 1.11 bits per heavy atom. The van der Waals surface area contributed by atoms with E-state index in [1.807, 2.05) is 0 Å². The quantitative estimate of drug-likeness (QED) is 0.606. The van der Waals surface area contributed by atoms with E-state index in [9.17, 15) is 13.2 Å². The van der Waals surface area contributed by atoms with Crippen LogP contribution >= 0.6 is 34.8 Å². The van der Waals surface area contributed by atoms with Crippen LogP contribution in [0.25, 0.3) is 0 Å². The highest BCUT2D eigenvalue weighted by Crippen LogP contribution is 2.32. The molecule has 0 aliphatic rings. The number of nitrogens with zero attached hydrogens (tertiary/aromatic N) is 1. The van der Waals surface area contributed by atoms with Crippen molar-refractivity contribution in [2.24, 2.45) is 0 Å². The Balaban J connectivity index is 2.22. The molecule has 0 heterocycles. The fourth-order valence-corrected chi connectivity index (χ4v) is 4.58. The first kappa shape index (κ1) is 22.8. The molecule has 0 fully saturated rings. The lowest BCUT2D eigenvalue weighted by molar-refractivity contribution is -0.116. The van der Waals surface area contributed by atoms with Gasteiger partial charge in [0.25, 0.3) is 0 Å². The Morgan fingerprint density at radius 3 is 2.32 bits per heavy atom. The summed E-state index contributed by atoms with van der Waals surface area (Å²) in [6.45, 7) is 3.11. The Labute approximate surface area is 179 Å². The van der Waals surface area contributed by atoms with Gasteiger partial charge < -0.3 is 10.1 Å². The average Bonchev–Trinajstić information content (AvgIpc) is 2.63. The second kappa shape index (κ2) is 9.33. The van der Waals surface area contributed by atoms with Crippen LogP contribution in [0.2, 0.25) is 15.1 Å². The fourth-order valence-electron chi connectivity index (χ4n) is 2.50. The molecule has 0 unspecified atom stereocenters. The van der Waals surface area contributed by atoms with Crippen LogP contribution < -0.4 is 10.1 Å². The van der Waals surface area contributed by atoms with Gasteiger partial charge in [0.05, 0.1) is 39.3 Å². The van der Waals surface area contributed by atoms with Crippen molar-refractivity contribution in [1.29, 1.82) is 0 Å². The summed E-state index contributed by atoms with van der Waals surface area (Å²) in [5, 5.41) is 3.22.